The number of fused-ring (bicyclic) bond motifs is 1. The number of phosphoric acid groups is 3. The van der Waals surface area contributed by atoms with E-state index in [4.69, 9.17) is 62.5 Å². The molecule has 2 heterocycles. The van der Waals surface area contributed by atoms with Crippen molar-refractivity contribution in [3.63, 3.8) is 0 Å². The largest absolute Gasteiger partial charge is 0.466 e. The van der Waals surface area contributed by atoms with Crippen LogP contribution in [0.1, 0.15) is 12.6 Å². The fourth-order valence-electron chi connectivity index (χ4n) is 3.28. The average molecular weight is 603 g/mol. The van der Waals surface area contributed by atoms with Crippen LogP contribution in [0, 0.1) is 0 Å². The molecule has 0 bridgehead atoms. The van der Waals surface area contributed by atoms with Crippen molar-refractivity contribution in [2.24, 2.45) is 0 Å². The first kappa shape index (κ1) is 34.2. The lowest BCUT2D eigenvalue weighted by Gasteiger charge is -2.15. The third-order valence-corrected chi connectivity index (χ3v) is 4.52. The Hall–Kier alpha value is -1.81. The number of benzene rings is 2. The molecular weight excluding hydrogens is 575 g/mol. The van der Waals surface area contributed by atoms with E-state index in [0.29, 0.717) is 6.42 Å². The zero-order valence-electron chi connectivity index (χ0n) is 19.3. The molecule has 0 saturated carbocycles. The van der Waals surface area contributed by atoms with E-state index in [2.05, 4.69) is 36.4 Å². The first-order chi connectivity index (χ1) is 17.3. The lowest BCUT2D eigenvalue weighted by Crippen LogP contribution is -2.24. The zero-order chi connectivity index (χ0) is 29.3. The molecule has 38 heavy (non-hydrogen) atoms. The summed E-state index contributed by atoms with van der Waals surface area (Å²) in [5.41, 5.74) is 3.44. The number of hydrogen-bond donors (Lipinski definition) is 11. The molecule has 0 spiro atoms. The van der Waals surface area contributed by atoms with Crippen molar-refractivity contribution in [2.75, 3.05) is 6.61 Å². The summed E-state index contributed by atoms with van der Waals surface area (Å²) in [4.78, 5) is 64.7. The van der Waals surface area contributed by atoms with E-state index < -0.39 is 35.7 Å². The predicted octanol–water partition coefficient (Wildman–Crippen LogP) is 0.163. The molecule has 11 N–H and O–H groups in total. The smallest absolute Gasteiger partial charge is 0.394 e. The maximum absolute atomic E-state index is 9.92. The summed E-state index contributed by atoms with van der Waals surface area (Å²) in [7, 11) is -13.9. The Morgan fingerprint density at radius 1 is 0.763 bits per heavy atom. The van der Waals surface area contributed by atoms with Gasteiger partial charge in [-0.15, -0.1) is 0 Å². The van der Waals surface area contributed by atoms with Crippen LogP contribution in [0.5, 0.6) is 0 Å². The lowest BCUT2D eigenvalue weighted by atomic mass is 10.0. The zero-order valence-corrected chi connectivity index (χ0v) is 21.9. The Labute approximate surface area is 215 Å². The minimum absolute atomic E-state index is 0.158. The summed E-state index contributed by atoms with van der Waals surface area (Å²) in [6.45, 7) is -0.158. The van der Waals surface area contributed by atoms with E-state index in [1.807, 2.05) is 29.0 Å². The first-order valence-electron chi connectivity index (χ1n) is 10.2. The Bertz CT molecular complexity index is 1210. The van der Waals surface area contributed by atoms with Gasteiger partial charge < -0.3 is 63.6 Å². The van der Waals surface area contributed by atoms with Crippen molar-refractivity contribution in [1.29, 1.82) is 0 Å². The van der Waals surface area contributed by atoms with Gasteiger partial charge >= 0.3 is 23.5 Å². The molecule has 0 unspecified atom stereocenters. The molecule has 1 fully saturated rings. The molecule has 1 saturated heterocycles. The summed E-state index contributed by atoms with van der Waals surface area (Å²) < 4.78 is 34.4. The third kappa shape index (κ3) is 15.0. The highest BCUT2D eigenvalue weighted by molar-refractivity contribution is 7.45. The molecule has 214 valence electrons. The predicted molar refractivity (Wildman–Crippen MR) is 132 cm³/mol. The molecule has 19 heteroatoms. The van der Waals surface area contributed by atoms with E-state index in [1.54, 1.807) is 0 Å². The van der Waals surface area contributed by atoms with Gasteiger partial charge in [0, 0.05) is 18.0 Å². The van der Waals surface area contributed by atoms with E-state index >= 15 is 0 Å². The number of hydrogen-bond acceptors (Lipinski definition) is 6. The van der Waals surface area contributed by atoms with E-state index in [9.17, 15) is 10.2 Å². The van der Waals surface area contributed by atoms with Gasteiger partial charge in [-0.3, -0.25) is 0 Å². The lowest BCUT2D eigenvalue weighted by molar-refractivity contribution is -0.0428. The molecule has 3 aromatic rings. The SMILES string of the molecule is O=P(O)(O)O.O=P(O)(O)O.O=P(O)(O)O.OC[C@H]1O[C@@H](n2ccc3cc(-c4ccccc4)ccc32)C[C@@H]1O. The van der Waals surface area contributed by atoms with Gasteiger partial charge in [-0.25, -0.2) is 13.7 Å². The van der Waals surface area contributed by atoms with Crippen LogP contribution in [0.25, 0.3) is 22.0 Å². The highest BCUT2D eigenvalue weighted by Gasteiger charge is 2.34. The minimum atomic E-state index is -4.64. The molecule has 0 amide bonds. The van der Waals surface area contributed by atoms with Crippen LogP contribution in [0.3, 0.4) is 0 Å². The minimum Gasteiger partial charge on any atom is -0.394 e. The summed E-state index contributed by atoms with van der Waals surface area (Å²) in [5, 5.41) is 20.3. The summed E-state index contributed by atoms with van der Waals surface area (Å²) in [5.74, 6) is 0. The quantitative estimate of drug-likeness (QED) is 0.178. The first-order valence-corrected chi connectivity index (χ1v) is 14.9. The number of aliphatic hydroxyl groups is 2. The Morgan fingerprint density at radius 2 is 1.26 bits per heavy atom. The molecule has 0 radical (unpaired) electrons. The molecule has 0 aliphatic carbocycles. The highest BCUT2D eigenvalue weighted by Crippen LogP contribution is 2.33. The van der Waals surface area contributed by atoms with Gasteiger partial charge in [0.05, 0.1) is 18.2 Å². The second kappa shape index (κ2) is 14.5. The summed E-state index contributed by atoms with van der Waals surface area (Å²) >= 11 is 0. The van der Waals surface area contributed by atoms with Crippen LogP contribution in [0.4, 0.5) is 0 Å². The van der Waals surface area contributed by atoms with E-state index in [-0.39, 0.29) is 12.8 Å². The third-order valence-electron chi connectivity index (χ3n) is 4.52. The van der Waals surface area contributed by atoms with E-state index in [1.165, 1.54) is 11.1 Å². The normalized spacial score (nSPS) is 19.4. The van der Waals surface area contributed by atoms with Crippen molar-refractivity contribution >= 4 is 34.4 Å². The van der Waals surface area contributed by atoms with Crippen LogP contribution in [-0.2, 0) is 18.4 Å². The van der Waals surface area contributed by atoms with Gasteiger partial charge in [0.15, 0.2) is 0 Å². The number of ether oxygens (including phenoxy) is 1. The van der Waals surface area contributed by atoms with E-state index in [0.717, 1.165) is 10.9 Å². The molecule has 16 nitrogen and oxygen atoms in total. The van der Waals surface area contributed by atoms with Crippen molar-refractivity contribution < 1.29 is 72.7 Å². The molecule has 1 aromatic heterocycles. The van der Waals surface area contributed by atoms with Gasteiger partial charge in [-0.05, 0) is 29.3 Å². The maximum Gasteiger partial charge on any atom is 0.466 e. The Morgan fingerprint density at radius 3 is 1.71 bits per heavy atom. The summed E-state index contributed by atoms with van der Waals surface area (Å²) in [6.07, 6.45) is 1.13. The van der Waals surface area contributed by atoms with Crippen LogP contribution in [0.2, 0.25) is 0 Å². The molecule has 1 aliphatic rings. The average Bonchev–Trinajstić information content (AvgIpc) is 3.33. The molecular formula is C19H28NO15P3. The van der Waals surface area contributed by atoms with Gasteiger partial charge in [0.2, 0.25) is 0 Å². The van der Waals surface area contributed by atoms with Crippen LogP contribution in [0.15, 0.2) is 60.8 Å². The number of rotatable bonds is 3. The fourth-order valence-corrected chi connectivity index (χ4v) is 3.28. The Kier molecular flexibility index (Phi) is 13.1. The molecule has 4 rings (SSSR count). The number of nitrogens with zero attached hydrogens (tertiary/aromatic N) is 1. The Balaban J connectivity index is 0.000000398. The standard InChI is InChI=1S/C19H19NO3.3H3O4P/c21-12-18-17(22)11-19(23-18)20-9-8-15-10-14(6-7-16(15)20)13-4-2-1-3-5-13;3*1-5(2,3)4/h1-10,17-19,21-22H,11-12H2;3*(H3,1,2,3,4)/t17-,18+,19+;;;/m0.../s1. The maximum atomic E-state index is 9.92. The fraction of sp³-hybridized carbons (Fsp3) is 0.263. The second-order valence-electron chi connectivity index (χ2n) is 7.52. The highest BCUT2D eigenvalue weighted by atomic mass is 31.2. The van der Waals surface area contributed by atoms with Crippen molar-refractivity contribution in [1.82, 2.24) is 4.57 Å². The van der Waals surface area contributed by atoms with Crippen LogP contribution < -0.4 is 0 Å². The van der Waals surface area contributed by atoms with Crippen LogP contribution >= 0.6 is 23.5 Å². The topological polar surface area (TPSA) is 288 Å². The van der Waals surface area contributed by atoms with Crippen molar-refractivity contribution in [3.05, 3.63) is 60.8 Å². The van der Waals surface area contributed by atoms with Gasteiger partial charge in [0.1, 0.15) is 12.3 Å². The molecule has 2 aromatic carbocycles. The monoisotopic (exact) mass is 603 g/mol. The van der Waals surface area contributed by atoms with Crippen molar-refractivity contribution in [2.45, 2.75) is 24.9 Å². The number of aliphatic hydroxyl groups excluding tert-OH is 2. The number of aromatic nitrogens is 1. The second-order valence-corrected chi connectivity index (χ2v) is 10.6. The molecule has 1 aliphatic heterocycles. The van der Waals surface area contributed by atoms with Gasteiger partial charge in [-0.2, -0.15) is 0 Å². The van der Waals surface area contributed by atoms with Crippen LogP contribution in [-0.4, -0.2) is 77.6 Å². The van der Waals surface area contributed by atoms with Gasteiger partial charge in [0.25, 0.3) is 0 Å². The molecule has 3 atom stereocenters. The van der Waals surface area contributed by atoms with Gasteiger partial charge in [-0.1, -0.05) is 36.4 Å². The summed E-state index contributed by atoms with van der Waals surface area (Å²) in [6, 6.07) is 18.7. The van der Waals surface area contributed by atoms with Crippen molar-refractivity contribution in [3.8, 4) is 11.1 Å².